The molecule has 2 amide bonds. The fourth-order valence-electron chi connectivity index (χ4n) is 1.47. The minimum atomic E-state index is -0.197. The number of anilines is 1. The van der Waals surface area contributed by atoms with Gasteiger partial charge in [-0.1, -0.05) is 0 Å². The molecular weight excluding hydrogens is 248 g/mol. The van der Waals surface area contributed by atoms with Crippen molar-refractivity contribution in [1.82, 2.24) is 5.32 Å². The summed E-state index contributed by atoms with van der Waals surface area (Å²) < 4.78 is 10.2. The van der Waals surface area contributed by atoms with Gasteiger partial charge in [-0.05, 0) is 12.1 Å². The molecule has 19 heavy (non-hydrogen) atoms. The monoisotopic (exact) mass is 266 g/mol. The minimum absolute atomic E-state index is 0.158. The standard InChI is InChI=1S/C13H18N2O4/c1-9(16)14-7-6-13(17)15-11-5-4-10(18-2)8-12(11)19-3/h4-5,8H,6-7H2,1-3H3,(H,14,16)(H,15,17). The highest BCUT2D eigenvalue weighted by Gasteiger charge is 2.08. The molecule has 0 bridgehead atoms. The number of nitrogens with one attached hydrogen (secondary N) is 2. The lowest BCUT2D eigenvalue weighted by Gasteiger charge is -2.11. The highest BCUT2D eigenvalue weighted by Crippen LogP contribution is 2.28. The van der Waals surface area contributed by atoms with Gasteiger partial charge in [-0.2, -0.15) is 0 Å². The molecule has 0 saturated carbocycles. The third kappa shape index (κ3) is 4.87. The number of amides is 2. The number of benzene rings is 1. The van der Waals surface area contributed by atoms with E-state index in [-0.39, 0.29) is 18.2 Å². The molecule has 6 nitrogen and oxygen atoms in total. The number of ether oxygens (including phenoxy) is 2. The van der Waals surface area contributed by atoms with E-state index in [2.05, 4.69) is 10.6 Å². The third-order valence-electron chi connectivity index (χ3n) is 2.41. The Kier molecular flexibility index (Phi) is 5.66. The van der Waals surface area contributed by atoms with Crippen molar-refractivity contribution in [3.05, 3.63) is 18.2 Å². The van der Waals surface area contributed by atoms with Crippen LogP contribution < -0.4 is 20.1 Å². The van der Waals surface area contributed by atoms with E-state index in [1.54, 1.807) is 25.3 Å². The summed E-state index contributed by atoms with van der Waals surface area (Å²) >= 11 is 0. The van der Waals surface area contributed by atoms with E-state index in [1.165, 1.54) is 14.0 Å². The molecule has 6 heteroatoms. The summed E-state index contributed by atoms with van der Waals surface area (Å²) in [6.07, 6.45) is 0.203. The van der Waals surface area contributed by atoms with Crippen molar-refractivity contribution in [3.63, 3.8) is 0 Å². The maximum absolute atomic E-state index is 11.7. The van der Waals surface area contributed by atoms with Crippen molar-refractivity contribution in [2.45, 2.75) is 13.3 Å². The SMILES string of the molecule is COc1ccc(NC(=O)CCNC(C)=O)c(OC)c1. The number of hydrogen-bond donors (Lipinski definition) is 2. The average molecular weight is 266 g/mol. The predicted molar refractivity (Wildman–Crippen MR) is 71.5 cm³/mol. The Bertz CT molecular complexity index is 460. The van der Waals surface area contributed by atoms with Crippen LogP contribution in [0.1, 0.15) is 13.3 Å². The van der Waals surface area contributed by atoms with Crippen LogP contribution in [0.2, 0.25) is 0 Å². The van der Waals surface area contributed by atoms with Crippen LogP contribution in [-0.4, -0.2) is 32.6 Å². The lowest BCUT2D eigenvalue weighted by Crippen LogP contribution is -2.25. The first-order chi connectivity index (χ1) is 9.06. The Balaban J connectivity index is 2.60. The summed E-state index contributed by atoms with van der Waals surface area (Å²) in [5, 5.41) is 5.27. The fraction of sp³-hybridized carbons (Fsp3) is 0.385. The Morgan fingerprint density at radius 1 is 1.21 bits per heavy atom. The van der Waals surface area contributed by atoms with Gasteiger partial charge in [-0.15, -0.1) is 0 Å². The summed E-state index contributed by atoms with van der Waals surface area (Å²) in [4.78, 5) is 22.3. The summed E-state index contributed by atoms with van der Waals surface area (Å²) in [6, 6.07) is 5.11. The number of rotatable bonds is 6. The quantitative estimate of drug-likeness (QED) is 0.810. The molecule has 0 spiro atoms. The first-order valence-electron chi connectivity index (χ1n) is 5.83. The molecule has 0 heterocycles. The lowest BCUT2D eigenvalue weighted by atomic mass is 10.2. The first kappa shape index (κ1) is 14.8. The molecule has 0 aliphatic carbocycles. The highest BCUT2D eigenvalue weighted by molar-refractivity contribution is 5.92. The summed E-state index contributed by atoms with van der Waals surface area (Å²) in [6.45, 7) is 1.71. The van der Waals surface area contributed by atoms with E-state index >= 15 is 0 Å². The van der Waals surface area contributed by atoms with Crippen molar-refractivity contribution in [3.8, 4) is 11.5 Å². The summed E-state index contributed by atoms with van der Waals surface area (Å²) in [7, 11) is 3.07. The topological polar surface area (TPSA) is 76.7 Å². The number of carbonyl (C=O) groups excluding carboxylic acids is 2. The molecular formula is C13H18N2O4. The zero-order valence-electron chi connectivity index (χ0n) is 11.3. The van der Waals surface area contributed by atoms with E-state index in [9.17, 15) is 9.59 Å². The summed E-state index contributed by atoms with van der Waals surface area (Å²) in [5.74, 6) is 0.812. The highest BCUT2D eigenvalue weighted by atomic mass is 16.5. The van der Waals surface area contributed by atoms with Crippen molar-refractivity contribution < 1.29 is 19.1 Å². The largest absolute Gasteiger partial charge is 0.497 e. The zero-order chi connectivity index (χ0) is 14.3. The average Bonchev–Trinajstić information content (AvgIpc) is 2.38. The first-order valence-corrected chi connectivity index (χ1v) is 5.83. The Hall–Kier alpha value is -2.24. The van der Waals surface area contributed by atoms with Crippen LogP contribution in [0.15, 0.2) is 18.2 Å². The Labute approximate surface area is 112 Å². The molecule has 0 atom stereocenters. The molecule has 1 aromatic rings. The Morgan fingerprint density at radius 2 is 1.95 bits per heavy atom. The van der Waals surface area contributed by atoms with Crippen molar-refractivity contribution in [2.24, 2.45) is 0 Å². The van der Waals surface area contributed by atoms with Crippen LogP contribution in [0, 0.1) is 0 Å². The van der Waals surface area contributed by atoms with Gasteiger partial charge < -0.3 is 20.1 Å². The minimum Gasteiger partial charge on any atom is -0.497 e. The maximum Gasteiger partial charge on any atom is 0.226 e. The number of methoxy groups -OCH3 is 2. The molecule has 1 aromatic carbocycles. The van der Waals surface area contributed by atoms with Crippen LogP contribution >= 0.6 is 0 Å². The van der Waals surface area contributed by atoms with E-state index in [4.69, 9.17) is 9.47 Å². The molecule has 0 radical (unpaired) electrons. The van der Waals surface area contributed by atoms with Crippen LogP contribution in [0.5, 0.6) is 11.5 Å². The molecule has 0 aliphatic rings. The Morgan fingerprint density at radius 3 is 2.53 bits per heavy atom. The van der Waals surface area contributed by atoms with Gasteiger partial charge in [0.15, 0.2) is 0 Å². The van der Waals surface area contributed by atoms with E-state index in [0.717, 1.165) is 0 Å². The zero-order valence-corrected chi connectivity index (χ0v) is 11.3. The van der Waals surface area contributed by atoms with Gasteiger partial charge >= 0.3 is 0 Å². The molecule has 0 unspecified atom stereocenters. The number of carbonyl (C=O) groups is 2. The van der Waals surface area contributed by atoms with Gasteiger partial charge in [0.2, 0.25) is 11.8 Å². The predicted octanol–water partition coefficient (Wildman–Crippen LogP) is 1.17. The van der Waals surface area contributed by atoms with Crippen molar-refractivity contribution >= 4 is 17.5 Å². The van der Waals surface area contributed by atoms with Crippen LogP contribution in [0.25, 0.3) is 0 Å². The normalized spacial score (nSPS) is 9.63. The maximum atomic E-state index is 11.7. The third-order valence-corrected chi connectivity index (χ3v) is 2.41. The fourth-order valence-corrected chi connectivity index (χ4v) is 1.47. The van der Waals surface area contributed by atoms with Crippen molar-refractivity contribution in [2.75, 3.05) is 26.1 Å². The van der Waals surface area contributed by atoms with Gasteiger partial charge in [-0.3, -0.25) is 9.59 Å². The molecule has 0 aromatic heterocycles. The second kappa shape index (κ2) is 7.25. The van der Waals surface area contributed by atoms with E-state index in [0.29, 0.717) is 23.7 Å². The summed E-state index contributed by atoms with van der Waals surface area (Å²) in [5.41, 5.74) is 0.566. The van der Waals surface area contributed by atoms with Gasteiger partial charge in [0.05, 0.1) is 19.9 Å². The molecule has 0 fully saturated rings. The second-order valence-corrected chi connectivity index (χ2v) is 3.85. The molecule has 0 saturated heterocycles. The van der Waals surface area contributed by atoms with Gasteiger partial charge in [0.1, 0.15) is 11.5 Å². The van der Waals surface area contributed by atoms with Crippen LogP contribution in [0.4, 0.5) is 5.69 Å². The van der Waals surface area contributed by atoms with E-state index < -0.39 is 0 Å². The molecule has 1 rings (SSSR count). The smallest absolute Gasteiger partial charge is 0.226 e. The molecule has 2 N–H and O–H groups in total. The van der Waals surface area contributed by atoms with Crippen molar-refractivity contribution in [1.29, 1.82) is 0 Å². The van der Waals surface area contributed by atoms with E-state index in [1.807, 2.05) is 0 Å². The van der Waals surface area contributed by atoms with Gasteiger partial charge in [0.25, 0.3) is 0 Å². The van der Waals surface area contributed by atoms with Crippen LogP contribution in [0.3, 0.4) is 0 Å². The molecule has 104 valence electrons. The number of hydrogen-bond acceptors (Lipinski definition) is 4. The van der Waals surface area contributed by atoms with Gasteiger partial charge in [-0.25, -0.2) is 0 Å². The lowest BCUT2D eigenvalue weighted by molar-refractivity contribution is -0.119. The van der Waals surface area contributed by atoms with Crippen LogP contribution in [-0.2, 0) is 9.59 Å². The second-order valence-electron chi connectivity index (χ2n) is 3.85. The van der Waals surface area contributed by atoms with Gasteiger partial charge in [0, 0.05) is 26.0 Å². The molecule has 0 aliphatic heterocycles.